The van der Waals surface area contributed by atoms with Crippen molar-refractivity contribution in [3.63, 3.8) is 0 Å². The quantitative estimate of drug-likeness (QED) is 0.631. The second-order valence-electron chi connectivity index (χ2n) is 2.81. The van der Waals surface area contributed by atoms with Gasteiger partial charge in [0.25, 0.3) is 0 Å². The summed E-state index contributed by atoms with van der Waals surface area (Å²) in [6.45, 7) is 2.66. The number of hydrogen-bond acceptors (Lipinski definition) is 2. The highest BCUT2D eigenvalue weighted by atomic mass is 19.4. The SMILES string of the molecule is CC(CN)NCCCC(F)(F)F. The van der Waals surface area contributed by atoms with E-state index < -0.39 is 12.6 Å². The van der Waals surface area contributed by atoms with Gasteiger partial charge in [0.05, 0.1) is 0 Å². The molecule has 1 unspecified atom stereocenters. The van der Waals surface area contributed by atoms with E-state index in [4.69, 9.17) is 5.73 Å². The minimum atomic E-state index is -4.03. The van der Waals surface area contributed by atoms with Crippen LogP contribution < -0.4 is 11.1 Å². The predicted molar refractivity (Wildman–Crippen MR) is 41.8 cm³/mol. The van der Waals surface area contributed by atoms with Crippen molar-refractivity contribution in [2.45, 2.75) is 32.0 Å². The van der Waals surface area contributed by atoms with Crippen LogP contribution in [0.3, 0.4) is 0 Å². The summed E-state index contributed by atoms with van der Waals surface area (Å²) >= 11 is 0. The molecule has 1 atom stereocenters. The Morgan fingerprint density at radius 2 is 2.00 bits per heavy atom. The second-order valence-corrected chi connectivity index (χ2v) is 2.81. The average Bonchev–Trinajstić information content (AvgIpc) is 1.96. The van der Waals surface area contributed by atoms with Crippen molar-refractivity contribution in [3.8, 4) is 0 Å². The lowest BCUT2D eigenvalue weighted by Crippen LogP contribution is -2.34. The van der Waals surface area contributed by atoms with Crippen LogP contribution in [0.2, 0.25) is 0 Å². The van der Waals surface area contributed by atoms with Crippen LogP contribution in [0.25, 0.3) is 0 Å². The summed E-state index contributed by atoms with van der Waals surface area (Å²) in [5, 5.41) is 2.88. The van der Waals surface area contributed by atoms with Gasteiger partial charge in [-0.05, 0) is 19.9 Å². The van der Waals surface area contributed by atoms with Crippen LogP contribution in [0.4, 0.5) is 13.2 Å². The summed E-state index contributed by atoms with van der Waals surface area (Å²) in [4.78, 5) is 0. The predicted octanol–water partition coefficient (Wildman–Crippen LogP) is 1.27. The maximum atomic E-state index is 11.6. The third-order valence-corrected chi connectivity index (χ3v) is 1.48. The van der Waals surface area contributed by atoms with E-state index >= 15 is 0 Å². The molecule has 0 aromatic rings. The minimum Gasteiger partial charge on any atom is -0.329 e. The molecule has 0 amide bonds. The van der Waals surface area contributed by atoms with Gasteiger partial charge in [0, 0.05) is 19.0 Å². The maximum Gasteiger partial charge on any atom is 0.389 e. The molecule has 0 radical (unpaired) electrons. The lowest BCUT2D eigenvalue weighted by atomic mass is 10.2. The topological polar surface area (TPSA) is 38.0 Å². The van der Waals surface area contributed by atoms with E-state index in [1.807, 2.05) is 6.92 Å². The number of alkyl halides is 3. The fraction of sp³-hybridized carbons (Fsp3) is 1.00. The zero-order valence-electron chi connectivity index (χ0n) is 7.12. The third kappa shape index (κ3) is 7.81. The number of nitrogens with one attached hydrogen (secondary N) is 1. The first-order chi connectivity index (χ1) is 5.45. The molecule has 0 aliphatic carbocycles. The molecular weight excluding hydrogens is 169 g/mol. The summed E-state index contributed by atoms with van der Waals surface area (Å²) in [7, 11) is 0. The van der Waals surface area contributed by atoms with Gasteiger partial charge in [-0.15, -0.1) is 0 Å². The molecule has 0 spiro atoms. The van der Waals surface area contributed by atoms with E-state index in [0.29, 0.717) is 13.1 Å². The van der Waals surface area contributed by atoms with Crippen LogP contribution in [0.5, 0.6) is 0 Å². The molecule has 0 aromatic heterocycles. The van der Waals surface area contributed by atoms with Crippen molar-refractivity contribution in [2.24, 2.45) is 5.73 Å². The second kappa shape index (κ2) is 5.37. The molecule has 12 heavy (non-hydrogen) atoms. The zero-order valence-corrected chi connectivity index (χ0v) is 7.12. The maximum absolute atomic E-state index is 11.6. The van der Waals surface area contributed by atoms with Gasteiger partial charge in [-0.3, -0.25) is 0 Å². The highest BCUT2D eigenvalue weighted by molar-refractivity contribution is 4.61. The molecule has 0 aliphatic rings. The van der Waals surface area contributed by atoms with Gasteiger partial charge in [0.1, 0.15) is 0 Å². The van der Waals surface area contributed by atoms with Gasteiger partial charge in [0.15, 0.2) is 0 Å². The largest absolute Gasteiger partial charge is 0.389 e. The van der Waals surface area contributed by atoms with Crippen LogP contribution >= 0.6 is 0 Å². The first kappa shape index (κ1) is 11.7. The fourth-order valence-electron chi connectivity index (χ4n) is 0.721. The molecule has 0 heterocycles. The van der Waals surface area contributed by atoms with Crippen molar-refractivity contribution in [2.75, 3.05) is 13.1 Å². The molecule has 0 saturated carbocycles. The molecule has 0 rings (SSSR count). The van der Waals surface area contributed by atoms with Gasteiger partial charge in [-0.25, -0.2) is 0 Å². The van der Waals surface area contributed by atoms with Crippen molar-refractivity contribution >= 4 is 0 Å². The monoisotopic (exact) mass is 184 g/mol. The summed E-state index contributed by atoms with van der Waals surface area (Å²) in [5.74, 6) is 0. The first-order valence-electron chi connectivity index (χ1n) is 3.96. The fourth-order valence-corrected chi connectivity index (χ4v) is 0.721. The summed E-state index contributed by atoms with van der Waals surface area (Å²) in [5.41, 5.74) is 5.26. The van der Waals surface area contributed by atoms with Gasteiger partial charge in [-0.2, -0.15) is 13.2 Å². The molecular formula is C7H15F3N2. The highest BCUT2D eigenvalue weighted by Gasteiger charge is 2.25. The smallest absolute Gasteiger partial charge is 0.329 e. The van der Waals surface area contributed by atoms with Crippen molar-refractivity contribution < 1.29 is 13.2 Å². The van der Waals surface area contributed by atoms with Crippen LogP contribution in [0.15, 0.2) is 0 Å². The molecule has 2 nitrogen and oxygen atoms in total. The Labute approximate surface area is 70.3 Å². The average molecular weight is 184 g/mol. The summed E-state index contributed by atoms with van der Waals surface area (Å²) in [6, 6.07) is 0.0956. The number of halogens is 3. The Kier molecular flexibility index (Phi) is 5.24. The van der Waals surface area contributed by atoms with E-state index in [-0.39, 0.29) is 12.5 Å². The summed E-state index contributed by atoms with van der Waals surface area (Å²) in [6.07, 6.45) is -4.64. The molecule has 0 saturated heterocycles. The first-order valence-corrected chi connectivity index (χ1v) is 3.96. The molecule has 0 fully saturated rings. The van der Waals surface area contributed by atoms with E-state index in [0.717, 1.165) is 0 Å². The highest BCUT2D eigenvalue weighted by Crippen LogP contribution is 2.20. The van der Waals surface area contributed by atoms with E-state index in [9.17, 15) is 13.2 Å². The standard InChI is InChI=1S/C7H15F3N2/c1-6(5-11)12-4-2-3-7(8,9)10/h6,12H,2-5,11H2,1H3. The molecule has 3 N–H and O–H groups in total. The Morgan fingerprint density at radius 3 is 2.42 bits per heavy atom. The molecule has 0 aliphatic heterocycles. The van der Waals surface area contributed by atoms with Gasteiger partial charge >= 0.3 is 6.18 Å². The molecule has 0 aromatic carbocycles. The van der Waals surface area contributed by atoms with Gasteiger partial charge < -0.3 is 11.1 Å². The minimum absolute atomic E-state index is 0.0956. The van der Waals surface area contributed by atoms with Crippen molar-refractivity contribution in [1.29, 1.82) is 0 Å². The lowest BCUT2D eigenvalue weighted by Gasteiger charge is -2.11. The molecule has 5 heteroatoms. The number of hydrogen-bond donors (Lipinski definition) is 2. The van der Waals surface area contributed by atoms with Crippen LogP contribution in [-0.2, 0) is 0 Å². The molecule has 0 bridgehead atoms. The lowest BCUT2D eigenvalue weighted by molar-refractivity contribution is -0.135. The van der Waals surface area contributed by atoms with Gasteiger partial charge in [0.2, 0.25) is 0 Å². The Balaban J connectivity index is 3.22. The van der Waals surface area contributed by atoms with Crippen molar-refractivity contribution in [1.82, 2.24) is 5.32 Å². The van der Waals surface area contributed by atoms with Crippen molar-refractivity contribution in [3.05, 3.63) is 0 Å². The third-order valence-electron chi connectivity index (χ3n) is 1.48. The number of nitrogens with two attached hydrogens (primary N) is 1. The van der Waals surface area contributed by atoms with E-state index in [1.54, 1.807) is 0 Å². The number of rotatable bonds is 5. The van der Waals surface area contributed by atoms with E-state index in [1.165, 1.54) is 0 Å². The zero-order chi connectivity index (χ0) is 9.61. The Bertz CT molecular complexity index is 114. The van der Waals surface area contributed by atoms with E-state index in [2.05, 4.69) is 5.32 Å². The normalized spacial score (nSPS) is 14.8. The van der Waals surface area contributed by atoms with Crippen LogP contribution in [0.1, 0.15) is 19.8 Å². The van der Waals surface area contributed by atoms with Crippen LogP contribution in [-0.4, -0.2) is 25.3 Å². The van der Waals surface area contributed by atoms with Gasteiger partial charge in [-0.1, -0.05) is 0 Å². The Morgan fingerprint density at radius 1 is 1.42 bits per heavy atom. The van der Waals surface area contributed by atoms with Crippen LogP contribution in [0, 0.1) is 0 Å². The summed E-state index contributed by atoms with van der Waals surface area (Å²) < 4.78 is 34.8. The molecule has 74 valence electrons. The Hall–Kier alpha value is -0.290.